The SMILES string of the molecule is CCOc1ccc(N2CC(CN)CC2=O)c(F)c1. The van der Waals surface area contributed by atoms with E-state index in [4.69, 9.17) is 10.5 Å². The lowest BCUT2D eigenvalue weighted by molar-refractivity contribution is -0.117. The zero-order chi connectivity index (χ0) is 13.1. The molecule has 1 aromatic carbocycles. The highest BCUT2D eigenvalue weighted by atomic mass is 19.1. The molecule has 2 rings (SSSR count). The van der Waals surface area contributed by atoms with Crippen LogP contribution < -0.4 is 15.4 Å². The standard InChI is InChI=1S/C13H17FN2O2/c1-2-18-10-3-4-12(11(14)6-10)16-8-9(7-15)5-13(16)17/h3-4,6,9H,2,5,7-8,15H2,1H3. The van der Waals surface area contributed by atoms with Gasteiger partial charge in [0, 0.05) is 19.0 Å². The molecule has 1 heterocycles. The molecule has 1 aliphatic heterocycles. The van der Waals surface area contributed by atoms with Gasteiger partial charge in [-0.25, -0.2) is 4.39 Å². The van der Waals surface area contributed by atoms with Gasteiger partial charge in [0.25, 0.3) is 0 Å². The van der Waals surface area contributed by atoms with E-state index in [-0.39, 0.29) is 11.8 Å². The summed E-state index contributed by atoms with van der Waals surface area (Å²) in [5.74, 6) is 0.0738. The van der Waals surface area contributed by atoms with Crippen LogP contribution >= 0.6 is 0 Å². The van der Waals surface area contributed by atoms with Crippen LogP contribution in [-0.2, 0) is 4.79 Å². The Kier molecular flexibility index (Phi) is 3.81. The van der Waals surface area contributed by atoms with Gasteiger partial charge in [0.05, 0.1) is 12.3 Å². The summed E-state index contributed by atoms with van der Waals surface area (Å²) >= 11 is 0. The number of amides is 1. The first-order valence-electron chi connectivity index (χ1n) is 6.08. The van der Waals surface area contributed by atoms with Crippen molar-refractivity contribution in [1.29, 1.82) is 0 Å². The quantitative estimate of drug-likeness (QED) is 0.884. The van der Waals surface area contributed by atoms with Gasteiger partial charge in [-0.05, 0) is 31.5 Å². The first-order chi connectivity index (χ1) is 8.65. The summed E-state index contributed by atoms with van der Waals surface area (Å²) in [7, 11) is 0. The van der Waals surface area contributed by atoms with E-state index in [1.807, 2.05) is 6.92 Å². The van der Waals surface area contributed by atoms with Crippen LogP contribution in [0.5, 0.6) is 5.75 Å². The lowest BCUT2D eigenvalue weighted by atomic mass is 10.1. The number of hydrogen-bond donors (Lipinski definition) is 1. The number of hydrogen-bond acceptors (Lipinski definition) is 3. The van der Waals surface area contributed by atoms with Crippen molar-refractivity contribution >= 4 is 11.6 Å². The summed E-state index contributed by atoms with van der Waals surface area (Å²) in [5.41, 5.74) is 5.85. The average molecular weight is 252 g/mol. The van der Waals surface area contributed by atoms with Crippen molar-refractivity contribution in [2.24, 2.45) is 11.7 Å². The Hall–Kier alpha value is -1.62. The molecule has 0 radical (unpaired) electrons. The highest BCUT2D eigenvalue weighted by Crippen LogP contribution is 2.29. The van der Waals surface area contributed by atoms with Crippen LogP contribution in [0, 0.1) is 11.7 Å². The second kappa shape index (κ2) is 5.35. The van der Waals surface area contributed by atoms with Crippen LogP contribution in [0.1, 0.15) is 13.3 Å². The van der Waals surface area contributed by atoms with Crippen LogP contribution in [-0.4, -0.2) is 25.6 Å². The number of benzene rings is 1. The molecule has 0 bridgehead atoms. The lowest BCUT2D eigenvalue weighted by Gasteiger charge is -2.18. The predicted octanol–water partition coefficient (Wildman–Crippen LogP) is 1.54. The lowest BCUT2D eigenvalue weighted by Crippen LogP contribution is -2.26. The molecule has 0 saturated carbocycles. The molecule has 1 aliphatic rings. The molecule has 1 unspecified atom stereocenters. The zero-order valence-corrected chi connectivity index (χ0v) is 10.4. The minimum absolute atomic E-state index is 0.0755. The Morgan fingerprint density at radius 3 is 2.89 bits per heavy atom. The van der Waals surface area contributed by atoms with Gasteiger partial charge < -0.3 is 15.4 Å². The maximum absolute atomic E-state index is 13.9. The fourth-order valence-corrected chi connectivity index (χ4v) is 2.14. The Morgan fingerprint density at radius 2 is 2.33 bits per heavy atom. The minimum Gasteiger partial charge on any atom is -0.494 e. The van der Waals surface area contributed by atoms with Gasteiger partial charge in [-0.2, -0.15) is 0 Å². The zero-order valence-electron chi connectivity index (χ0n) is 10.4. The molecule has 0 aliphatic carbocycles. The Labute approximate surface area is 106 Å². The second-order valence-corrected chi connectivity index (χ2v) is 4.36. The van der Waals surface area contributed by atoms with Crippen LogP contribution in [0.2, 0.25) is 0 Å². The minimum atomic E-state index is -0.438. The van der Waals surface area contributed by atoms with E-state index >= 15 is 0 Å². The van der Waals surface area contributed by atoms with E-state index in [0.717, 1.165) is 0 Å². The number of carbonyl (C=O) groups excluding carboxylic acids is 1. The maximum Gasteiger partial charge on any atom is 0.227 e. The van der Waals surface area contributed by atoms with Gasteiger partial charge >= 0.3 is 0 Å². The summed E-state index contributed by atoms with van der Waals surface area (Å²) in [4.78, 5) is 13.2. The van der Waals surface area contributed by atoms with Crippen molar-refractivity contribution < 1.29 is 13.9 Å². The molecule has 18 heavy (non-hydrogen) atoms. The summed E-state index contributed by atoms with van der Waals surface area (Å²) in [5, 5.41) is 0. The molecule has 1 amide bonds. The smallest absolute Gasteiger partial charge is 0.227 e. The molecule has 1 aromatic rings. The molecule has 1 saturated heterocycles. The molecule has 1 atom stereocenters. The van der Waals surface area contributed by atoms with Crippen molar-refractivity contribution in [2.75, 3.05) is 24.6 Å². The van der Waals surface area contributed by atoms with Crippen molar-refractivity contribution in [3.63, 3.8) is 0 Å². The van der Waals surface area contributed by atoms with Crippen molar-refractivity contribution in [1.82, 2.24) is 0 Å². The first-order valence-corrected chi connectivity index (χ1v) is 6.08. The first kappa shape index (κ1) is 12.8. The molecule has 1 fully saturated rings. The highest BCUT2D eigenvalue weighted by Gasteiger charge is 2.31. The van der Waals surface area contributed by atoms with E-state index in [1.54, 1.807) is 12.1 Å². The van der Waals surface area contributed by atoms with Crippen LogP contribution in [0.15, 0.2) is 18.2 Å². The van der Waals surface area contributed by atoms with Crippen molar-refractivity contribution in [3.05, 3.63) is 24.0 Å². The molecule has 4 nitrogen and oxygen atoms in total. The van der Waals surface area contributed by atoms with E-state index in [1.165, 1.54) is 11.0 Å². The van der Waals surface area contributed by atoms with Gasteiger partial charge in [0.15, 0.2) is 5.82 Å². The van der Waals surface area contributed by atoms with E-state index in [2.05, 4.69) is 0 Å². The summed E-state index contributed by atoms with van der Waals surface area (Å²) in [6.45, 7) is 3.25. The Balaban J connectivity index is 2.21. The normalized spacial score (nSPS) is 19.4. The van der Waals surface area contributed by atoms with E-state index < -0.39 is 5.82 Å². The van der Waals surface area contributed by atoms with Gasteiger partial charge in [-0.1, -0.05) is 0 Å². The molecular formula is C13H17FN2O2. The summed E-state index contributed by atoms with van der Waals surface area (Å²) in [6, 6.07) is 4.56. The monoisotopic (exact) mass is 252 g/mol. The molecule has 0 spiro atoms. The molecule has 2 N–H and O–H groups in total. The van der Waals surface area contributed by atoms with Gasteiger partial charge in [-0.15, -0.1) is 0 Å². The number of nitrogens with two attached hydrogens (primary N) is 1. The number of ether oxygens (including phenoxy) is 1. The van der Waals surface area contributed by atoms with Crippen LogP contribution in [0.4, 0.5) is 10.1 Å². The number of anilines is 1. The van der Waals surface area contributed by atoms with Crippen molar-refractivity contribution in [2.45, 2.75) is 13.3 Å². The Morgan fingerprint density at radius 1 is 1.56 bits per heavy atom. The largest absolute Gasteiger partial charge is 0.494 e. The number of carbonyl (C=O) groups is 1. The van der Waals surface area contributed by atoms with Gasteiger partial charge in [0.2, 0.25) is 5.91 Å². The Bertz CT molecular complexity index is 451. The maximum atomic E-state index is 13.9. The molecule has 5 heteroatoms. The fourth-order valence-electron chi connectivity index (χ4n) is 2.14. The average Bonchev–Trinajstić information content (AvgIpc) is 2.71. The predicted molar refractivity (Wildman–Crippen MR) is 67.1 cm³/mol. The third kappa shape index (κ3) is 2.46. The highest BCUT2D eigenvalue weighted by molar-refractivity contribution is 5.95. The van der Waals surface area contributed by atoms with E-state index in [0.29, 0.717) is 37.6 Å². The molecule has 0 aromatic heterocycles. The summed E-state index contributed by atoms with van der Waals surface area (Å²) < 4.78 is 19.1. The summed E-state index contributed by atoms with van der Waals surface area (Å²) in [6.07, 6.45) is 0.392. The second-order valence-electron chi connectivity index (χ2n) is 4.36. The van der Waals surface area contributed by atoms with Crippen molar-refractivity contribution in [3.8, 4) is 5.75 Å². The molecular weight excluding hydrogens is 235 g/mol. The number of nitrogens with zero attached hydrogens (tertiary/aromatic N) is 1. The topological polar surface area (TPSA) is 55.6 Å². The number of halogens is 1. The van der Waals surface area contributed by atoms with Gasteiger partial charge in [-0.3, -0.25) is 4.79 Å². The van der Waals surface area contributed by atoms with Crippen LogP contribution in [0.25, 0.3) is 0 Å². The fraction of sp³-hybridized carbons (Fsp3) is 0.462. The van der Waals surface area contributed by atoms with E-state index in [9.17, 15) is 9.18 Å². The molecule has 98 valence electrons. The third-order valence-electron chi connectivity index (χ3n) is 3.06. The van der Waals surface area contributed by atoms with Crippen LogP contribution in [0.3, 0.4) is 0 Å². The third-order valence-corrected chi connectivity index (χ3v) is 3.06. The van der Waals surface area contributed by atoms with Gasteiger partial charge in [0.1, 0.15) is 5.75 Å². The number of rotatable bonds is 4.